The maximum Gasteiger partial charge on any atom is 0.170 e. The largest absolute Gasteiger partial charge is 0.393 e. The zero-order chi connectivity index (χ0) is 8.60. The average Bonchev–Trinajstić information content (AvgIpc) is 2.47. The van der Waals surface area contributed by atoms with E-state index in [1.54, 1.807) is 0 Å². The highest BCUT2D eigenvalue weighted by Gasteiger charge is 2.43. The summed E-state index contributed by atoms with van der Waals surface area (Å²) in [6.45, 7) is 3.44. The van der Waals surface area contributed by atoms with E-state index in [1.165, 1.54) is 0 Å². The lowest BCUT2D eigenvalue weighted by Gasteiger charge is -2.37. The average molecular weight is 172 g/mol. The van der Waals surface area contributed by atoms with E-state index in [4.69, 9.17) is 9.47 Å². The number of aliphatic hydroxyl groups excluding tert-OH is 1. The first-order chi connectivity index (χ1) is 5.72. The van der Waals surface area contributed by atoms with Crippen LogP contribution < -0.4 is 0 Å². The molecule has 2 aliphatic rings. The lowest BCUT2D eigenvalue weighted by molar-refractivity contribution is -0.203. The normalized spacial score (nSPS) is 40.5. The van der Waals surface area contributed by atoms with Crippen molar-refractivity contribution in [3.8, 4) is 0 Å². The number of ether oxygens (including phenoxy) is 2. The second kappa shape index (κ2) is 2.98. The van der Waals surface area contributed by atoms with E-state index in [0.717, 1.165) is 12.8 Å². The molecule has 3 nitrogen and oxygen atoms in total. The molecule has 2 fully saturated rings. The summed E-state index contributed by atoms with van der Waals surface area (Å²) in [6, 6.07) is 0. The van der Waals surface area contributed by atoms with E-state index in [2.05, 4.69) is 6.92 Å². The van der Waals surface area contributed by atoms with Crippen LogP contribution in [0.15, 0.2) is 0 Å². The monoisotopic (exact) mass is 172 g/mol. The van der Waals surface area contributed by atoms with E-state index in [1.807, 2.05) is 0 Å². The van der Waals surface area contributed by atoms with Crippen LogP contribution in [0.25, 0.3) is 0 Å². The SMILES string of the molecule is CC1CCC2(CC1O)OCCO2. The van der Waals surface area contributed by atoms with Gasteiger partial charge >= 0.3 is 0 Å². The van der Waals surface area contributed by atoms with Crippen molar-refractivity contribution in [1.29, 1.82) is 0 Å². The van der Waals surface area contributed by atoms with E-state index in [-0.39, 0.29) is 6.10 Å². The van der Waals surface area contributed by atoms with Crippen molar-refractivity contribution < 1.29 is 14.6 Å². The van der Waals surface area contributed by atoms with Gasteiger partial charge < -0.3 is 14.6 Å². The molecule has 2 rings (SSSR count). The van der Waals surface area contributed by atoms with Crippen molar-refractivity contribution >= 4 is 0 Å². The molecule has 1 spiro atoms. The van der Waals surface area contributed by atoms with Gasteiger partial charge in [-0.25, -0.2) is 0 Å². The quantitative estimate of drug-likeness (QED) is 0.590. The third-order valence-corrected chi connectivity index (χ3v) is 2.97. The molecule has 1 N–H and O–H groups in total. The molecule has 0 radical (unpaired) electrons. The molecule has 0 aromatic rings. The minimum absolute atomic E-state index is 0.253. The van der Waals surface area contributed by atoms with Crippen LogP contribution in [0.5, 0.6) is 0 Å². The summed E-state index contributed by atoms with van der Waals surface area (Å²) in [5.74, 6) is -0.0326. The van der Waals surface area contributed by atoms with Crippen LogP contribution in [0.4, 0.5) is 0 Å². The molecule has 1 saturated heterocycles. The maximum absolute atomic E-state index is 9.64. The predicted molar refractivity (Wildman–Crippen MR) is 43.7 cm³/mol. The Hall–Kier alpha value is -0.120. The Labute approximate surface area is 72.7 Å². The maximum atomic E-state index is 9.64. The molecule has 2 unspecified atom stereocenters. The summed E-state index contributed by atoms with van der Waals surface area (Å²) >= 11 is 0. The van der Waals surface area contributed by atoms with Gasteiger partial charge in [0.05, 0.1) is 19.3 Å². The molecule has 1 heterocycles. The van der Waals surface area contributed by atoms with Crippen LogP contribution in [-0.2, 0) is 9.47 Å². The van der Waals surface area contributed by atoms with Gasteiger partial charge in [0.25, 0.3) is 0 Å². The Morgan fingerprint density at radius 3 is 2.58 bits per heavy atom. The molecule has 1 aliphatic heterocycles. The minimum atomic E-state index is -0.425. The molecule has 12 heavy (non-hydrogen) atoms. The summed E-state index contributed by atoms with van der Waals surface area (Å²) < 4.78 is 11.0. The fraction of sp³-hybridized carbons (Fsp3) is 1.00. The Balaban J connectivity index is 2.01. The number of hydrogen-bond donors (Lipinski definition) is 1. The van der Waals surface area contributed by atoms with Crippen molar-refractivity contribution in [2.75, 3.05) is 13.2 Å². The third kappa shape index (κ3) is 1.37. The number of hydrogen-bond acceptors (Lipinski definition) is 3. The van der Waals surface area contributed by atoms with E-state index in [0.29, 0.717) is 25.6 Å². The second-order valence-corrected chi connectivity index (χ2v) is 3.90. The van der Waals surface area contributed by atoms with Gasteiger partial charge in [0.15, 0.2) is 5.79 Å². The van der Waals surface area contributed by atoms with Crippen molar-refractivity contribution in [1.82, 2.24) is 0 Å². The molecule has 3 heteroatoms. The molecule has 1 saturated carbocycles. The van der Waals surface area contributed by atoms with Crippen LogP contribution in [0.3, 0.4) is 0 Å². The second-order valence-electron chi connectivity index (χ2n) is 3.90. The third-order valence-electron chi connectivity index (χ3n) is 2.97. The van der Waals surface area contributed by atoms with Gasteiger partial charge in [-0.1, -0.05) is 6.92 Å². The highest BCUT2D eigenvalue weighted by Crippen LogP contribution is 2.38. The van der Waals surface area contributed by atoms with Gasteiger partial charge in [-0.2, -0.15) is 0 Å². The lowest BCUT2D eigenvalue weighted by Crippen LogP contribution is -2.42. The topological polar surface area (TPSA) is 38.7 Å². The standard InChI is InChI=1S/C9H16O3/c1-7-2-3-9(6-8(7)10)11-4-5-12-9/h7-8,10H,2-6H2,1H3. The zero-order valence-electron chi connectivity index (χ0n) is 7.45. The predicted octanol–water partition coefficient (Wildman–Crippen LogP) is 0.910. The summed E-state index contributed by atoms with van der Waals surface area (Å²) in [4.78, 5) is 0. The molecule has 0 bridgehead atoms. The first kappa shape index (κ1) is 8.48. The van der Waals surface area contributed by atoms with Gasteiger partial charge in [-0.15, -0.1) is 0 Å². The minimum Gasteiger partial charge on any atom is -0.393 e. The van der Waals surface area contributed by atoms with Crippen molar-refractivity contribution in [2.45, 2.75) is 38.1 Å². The van der Waals surface area contributed by atoms with E-state index in [9.17, 15) is 5.11 Å². The van der Waals surface area contributed by atoms with Gasteiger partial charge in [-0.3, -0.25) is 0 Å². The molecular formula is C9H16O3. The van der Waals surface area contributed by atoms with Crippen molar-refractivity contribution in [3.05, 3.63) is 0 Å². The number of aliphatic hydroxyl groups is 1. The van der Waals surface area contributed by atoms with Crippen LogP contribution in [0.1, 0.15) is 26.2 Å². The molecule has 0 amide bonds. The Morgan fingerprint density at radius 1 is 1.33 bits per heavy atom. The summed E-state index contributed by atoms with van der Waals surface area (Å²) in [5.41, 5.74) is 0. The Morgan fingerprint density at radius 2 is 2.00 bits per heavy atom. The highest BCUT2D eigenvalue weighted by atomic mass is 16.7. The van der Waals surface area contributed by atoms with Gasteiger partial charge in [0.1, 0.15) is 0 Å². The first-order valence-electron chi connectivity index (χ1n) is 4.68. The van der Waals surface area contributed by atoms with E-state index < -0.39 is 5.79 Å². The molecule has 0 aromatic carbocycles. The summed E-state index contributed by atoms with van der Waals surface area (Å²) in [5, 5.41) is 9.64. The lowest BCUT2D eigenvalue weighted by atomic mass is 9.84. The van der Waals surface area contributed by atoms with Gasteiger partial charge in [-0.05, 0) is 12.3 Å². The smallest absolute Gasteiger partial charge is 0.170 e. The van der Waals surface area contributed by atoms with Crippen LogP contribution in [-0.4, -0.2) is 30.2 Å². The first-order valence-corrected chi connectivity index (χ1v) is 4.68. The van der Waals surface area contributed by atoms with Crippen LogP contribution in [0, 0.1) is 5.92 Å². The fourth-order valence-electron chi connectivity index (χ4n) is 2.02. The molecule has 70 valence electrons. The molecule has 0 aromatic heterocycles. The molecular weight excluding hydrogens is 156 g/mol. The number of rotatable bonds is 0. The Bertz CT molecular complexity index is 163. The summed E-state index contributed by atoms with van der Waals surface area (Å²) in [6.07, 6.45) is 2.33. The summed E-state index contributed by atoms with van der Waals surface area (Å²) in [7, 11) is 0. The van der Waals surface area contributed by atoms with Crippen LogP contribution >= 0.6 is 0 Å². The van der Waals surface area contributed by atoms with Crippen LogP contribution in [0.2, 0.25) is 0 Å². The fourth-order valence-corrected chi connectivity index (χ4v) is 2.02. The van der Waals surface area contributed by atoms with E-state index >= 15 is 0 Å². The Kier molecular flexibility index (Phi) is 2.10. The molecule has 2 atom stereocenters. The van der Waals surface area contributed by atoms with Crippen molar-refractivity contribution in [2.24, 2.45) is 5.92 Å². The van der Waals surface area contributed by atoms with Gasteiger partial charge in [0, 0.05) is 12.8 Å². The molecule has 1 aliphatic carbocycles. The van der Waals surface area contributed by atoms with Gasteiger partial charge in [0.2, 0.25) is 0 Å². The highest BCUT2D eigenvalue weighted by molar-refractivity contribution is 4.86. The van der Waals surface area contributed by atoms with Crippen molar-refractivity contribution in [3.63, 3.8) is 0 Å². The zero-order valence-corrected chi connectivity index (χ0v) is 7.45.